The third-order valence-corrected chi connectivity index (χ3v) is 5.24. The fraction of sp³-hybridized carbons (Fsp3) is 0.316. The fourth-order valence-electron chi connectivity index (χ4n) is 2.80. The first-order valence-electron chi connectivity index (χ1n) is 8.35. The van der Waals surface area contributed by atoms with E-state index in [9.17, 15) is 17.6 Å². The molecule has 0 heterocycles. The molecule has 1 N–H and O–H groups in total. The van der Waals surface area contributed by atoms with Crippen LogP contribution in [0.15, 0.2) is 54.6 Å². The Morgan fingerprint density at radius 1 is 1.12 bits per heavy atom. The molecule has 5 nitrogen and oxygen atoms in total. The first-order valence-corrected chi connectivity index (χ1v) is 10.2. The molecule has 1 unspecified atom stereocenters. The van der Waals surface area contributed by atoms with Crippen LogP contribution in [0, 0.1) is 5.82 Å². The van der Waals surface area contributed by atoms with Crippen LogP contribution in [0.2, 0.25) is 0 Å². The number of halogens is 1. The first-order chi connectivity index (χ1) is 12.3. The highest BCUT2D eigenvalue weighted by atomic mass is 32.2. The Bertz CT molecular complexity index is 856. The van der Waals surface area contributed by atoms with Gasteiger partial charge >= 0.3 is 0 Å². The van der Waals surface area contributed by atoms with E-state index in [1.165, 1.54) is 24.3 Å². The Morgan fingerprint density at radius 2 is 1.69 bits per heavy atom. The van der Waals surface area contributed by atoms with Crippen molar-refractivity contribution in [2.24, 2.45) is 0 Å². The van der Waals surface area contributed by atoms with Crippen molar-refractivity contribution in [3.05, 3.63) is 66.0 Å². The van der Waals surface area contributed by atoms with E-state index >= 15 is 0 Å². The van der Waals surface area contributed by atoms with Gasteiger partial charge in [-0.1, -0.05) is 49.4 Å². The summed E-state index contributed by atoms with van der Waals surface area (Å²) in [5, 5.41) is 2.82. The van der Waals surface area contributed by atoms with E-state index < -0.39 is 27.8 Å². The molecule has 2 aromatic carbocycles. The van der Waals surface area contributed by atoms with E-state index in [-0.39, 0.29) is 18.2 Å². The van der Waals surface area contributed by atoms with Gasteiger partial charge in [0, 0.05) is 0 Å². The van der Waals surface area contributed by atoms with Crippen LogP contribution in [0.4, 0.5) is 10.1 Å². The molecule has 7 heteroatoms. The van der Waals surface area contributed by atoms with Crippen molar-refractivity contribution in [3.8, 4) is 0 Å². The van der Waals surface area contributed by atoms with Gasteiger partial charge in [0.25, 0.3) is 0 Å². The minimum absolute atomic E-state index is 0.135. The van der Waals surface area contributed by atoms with Gasteiger partial charge in [-0.25, -0.2) is 12.8 Å². The van der Waals surface area contributed by atoms with Crippen molar-refractivity contribution in [2.75, 3.05) is 10.6 Å². The summed E-state index contributed by atoms with van der Waals surface area (Å²) in [6.45, 7) is 3.50. The lowest BCUT2D eigenvalue weighted by Gasteiger charge is -2.31. The Morgan fingerprint density at radius 3 is 2.23 bits per heavy atom. The van der Waals surface area contributed by atoms with Crippen molar-refractivity contribution in [1.29, 1.82) is 0 Å². The summed E-state index contributed by atoms with van der Waals surface area (Å²) in [5.41, 5.74) is 0.761. The Balaban J connectivity index is 2.33. The van der Waals surface area contributed by atoms with E-state index in [0.29, 0.717) is 0 Å². The van der Waals surface area contributed by atoms with Gasteiger partial charge in [-0.15, -0.1) is 0 Å². The van der Waals surface area contributed by atoms with Gasteiger partial charge < -0.3 is 5.32 Å². The molecule has 26 heavy (non-hydrogen) atoms. The summed E-state index contributed by atoms with van der Waals surface area (Å²) in [4.78, 5) is 12.8. The van der Waals surface area contributed by atoms with Crippen molar-refractivity contribution < 1.29 is 17.6 Å². The molecule has 140 valence electrons. The van der Waals surface area contributed by atoms with E-state index in [2.05, 4.69) is 5.32 Å². The van der Waals surface area contributed by atoms with Crippen LogP contribution in [0.25, 0.3) is 0 Å². The Labute approximate surface area is 153 Å². The molecule has 0 aromatic heterocycles. The monoisotopic (exact) mass is 378 g/mol. The normalized spacial score (nSPS) is 13.7. The molecular formula is C19H23FN2O3S. The highest BCUT2D eigenvalue weighted by Gasteiger charge is 2.33. The molecule has 0 radical (unpaired) electrons. The molecule has 1 amide bonds. The molecule has 2 rings (SSSR count). The zero-order valence-electron chi connectivity index (χ0n) is 15.0. The average Bonchev–Trinajstić information content (AvgIpc) is 2.60. The third kappa shape index (κ3) is 4.60. The van der Waals surface area contributed by atoms with Crippen LogP contribution in [0.1, 0.15) is 31.9 Å². The van der Waals surface area contributed by atoms with Crippen molar-refractivity contribution in [3.63, 3.8) is 0 Å². The minimum atomic E-state index is -3.86. The molecule has 0 aliphatic heterocycles. The topological polar surface area (TPSA) is 66.5 Å². The molecule has 0 saturated heterocycles. The van der Waals surface area contributed by atoms with Crippen LogP contribution in [0.5, 0.6) is 0 Å². The second kappa shape index (κ2) is 8.31. The molecule has 0 bridgehead atoms. The van der Waals surface area contributed by atoms with Crippen molar-refractivity contribution >= 4 is 21.6 Å². The third-order valence-electron chi connectivity index (χ3n) is 4.08. The number of hydrogen-bond donors (Lipinski definition) is 1. The van der Waals surface area contributed by atoms with Crippen molar-refractivity contribution in [1.82, 2.24) is 5.32 Å². The lowest BCUT2D eigenvalue weighted by Crippen LogP contribution is -2.50. The molecule has 0 spiro atoms. The zero-order chi connectivity index (χ0) is 19.3. The number of benzene rings is 2. The van der Waals surface area contributed by atoms with Crippen LogP contribution >= 0.6 is 0 Å². The second-order valence-corrected chi connectivity index (χ2v) is 7.93. The molecule has 2 atom stereocenters. The fourth-order valence-corrected chi connectivity index (χ4v) is 4.01. The highest BCUT2D eigenvalue weighted by Crippen LogP contribution is 2.26. The Kier molecular flexibility index (Phi) is 6.37. The predicted octanol–water partition coefficient (Wildman–Crippen LogP) is 3.25. The molecule has 0 aliphatic carbocycles. The van der Waals surface area contributed by atoms with Crippen LogP contribution in [-0.4, -0.2) is 26.6 Å². The zero-order valence-corrected chi connectivity index (χ0v) is 15.8. The maximum absolute atomic E-state index is 14.2. The number of nitrogens with one attached hydrogen (secondary N) is 1. The predicted molar refractivity (Wildman–Crippen MR) is 101 cm³/mol. The summed E-state index contributed by atoms with van der Waals surface area (Å²) in [6.07, 6.45) is 1.17. The van der Waals surface area contributed by atoms with Gasteiger partial charge in [0.05, 0.1) is 18.0 Å². The average molecular weight is 378 g/mol. The standard InChI is InChI=1S/C19H23FN2O3S/c1-4-17(19(23)21-14(2)15-10-6-5-7-11-15)22(26(3,24)25)18-13-9-8-12-16(18)20/h5-14,17H,4H2,1-3H3,(H,21,23)/t14-,17?/m1/s1. The second-order valence-electron chi connectivity index (χ2n) is 6.08. The van der Waals surface area contributed by atoms with Crippen LogP contribution < -0.4 is 9.62 Å². The number of carbonyl (C=O) groups is 1. The highest BCUT2D eigenvalue weighted by molar-refractivity contribution is 7.92. The van der Waals surface area contributed by atoms with Gasteiger partial charge in [0.15, 0.2) is 0 Å². The van der Waals surface area contributed by atoms with Crippen LogP contribution in [0.3, 0.4) is 0 Å². The summed E-state index contributed by atoms with van der Waals surface area (Å²) < 4.78 is 39.7. The maximum atomic E-state index is 14.2. The molecule has 0 saturated carbocycles. The van der Waals surface area contributed by atoms with Gasteiger partial charge in [0.2, 0.25) is 15.9 Å². The van der Waals surface area contributed by atoms with E-state index in [0.717, 1.165) is 16.1 Å². The van der Waals surface area contributed by atoms with Gasteiger partial charge in [-0.05, 0) is 31.0 Å². The smallest absolute Gasteiger partial charge is 0.244 e. The Hall–Kier alpha value is -2.41. The summed E-state index contributed by atoms with van der Waals surface area (Å²) in [7, 11) is -3.86. The SMILES string of the molecule is CCC(C(=O)N[C@H](C)c1ccccc1)N(c1ccccc1F)S(C)(=O)=O. The van der Waals surface area contributed by atoms with E-state index in [1.807, 2.05) is 37.3 Å². The lowest BCUT2D eigenvalue weighted by atomic mass is 10.1. The maximum Gasteiger partial charge on any atom is 0.244 e. The number of amides is 1. The van der Waals surface area contributed by atoms with Crippen molar-refractivity contribution in [2.45, 2.75) is 32.4 Å². The number of rotatable bonds is 7. The molecule has 2 aromatic rings. The number of para-hydroxylation sites is 1. The largest absolute Gasteiger partial charge is 0.348 e. The summed E-state index contributed by atoms with van der Waals surface area (Å²) >= 11 is 0. The summed E-state index contributed by atoms with van der Waals surface area (Å²) in [5.74, 6) is -1.17. The van der Waals surface area contributed by atoms with E-state index in [4.69, 9.17) is 0 Å². The quantitative estimate of drug-likeness (QED) is 0.804. The number of carbonyl (C=O) groups excluding carboxylic acids is 1. The summed E-state index contributed by atoms with van der Waals surface area (Å²) in [6, 6.07) is 13.5. The number of nitrogens with zero attached hydrogens (tertiary/aromatic N) is 1. The lowest BCUT2D eigenvalue weighted by molar-refractivity contribution is -0.122. The number of sulfonamides is 1. The van der Waals surface area contributed by atoms with Gasteiger partial charge in [-0.3, -0.25) is 9.10 Å². The van der Waals surface area contributed by atoms with Crippen LogP contribution in [-0.2, 0) is 14.8 Å². The van der Waals surface area contributed by atoms with Gasteiger partial charge in [-0.2, -0.15) is 0 Å². The number of anilines is 1. The minimum Gasteiger partial charge on any atom is -0.348 e. The first kappa shape index (κ1) is 19.9. The van der Waals surface area contributed by atoms with Gasteiger partial charge in [0.1, 0.15) is 11.9 Å². The molecule has 0 fully saturated rings. The molecule has 0 aliphatic rings. The van der Waals surface area contributed by atoms with E-state index in [1.54, 1.807) is 6.92 Å². The number of hydrogen-bond acceptors (Lipinski definition) is 3. The molecular weight excluding hydrogens is 355 g/mol.